The van der Waals surface area contributed by atoms with E-state index in [9.17, 15) is 9.90 Å². The normalized spacial score (nSPS) is 11.7. The first-order valence-electron chi connectivity index (χ1n) is 10.5. The number of hydrogen-bond donors (Lipinski definition) is 3. The third-order valence-electron chi connectivity index (χ3n) is 5.09. The first-order valence-corrected chi connectivity index (χ1v) is 11.4. The first-order chi connectivity index (χ1) is 16.2. The molecule has 0 aliphatic heterocycles. The molecule has 0 saturated heterocycles. The molecule has 0 radical (unpaired) electrons. The van der Waals surface area contributed by atoms with Gasteiger partial charge in [0.2, 0.25) is 0 Å². The first kappa shape index (κ1) is 21.8. The number of amides is 1. The van der Waals surface area contributed by atoms with Gasteiger partial charge >= 0.3 is 0 Å². The van der Waals surface area contributed by atoms with Gasteiger partial charge in [-0.1, -0.05) is 0 Å². The number of anilines is 2. The zero-order valence-corrected chi connectivity index (χ0v) is 19.3. The number of aromatic nitrogens is 4. The predicted molar refractivity (Wildman–Crippen MR) is 131 cm³/mol. The average Bonchev–Trinajstić information content (AvgIpc) is 3.52. The van der Waals surface area contributed by atoms with E-state index in [1.54, 1.807) is 54.8 Å². The fourth-order valence-electron chi connectivity index (χ4n) is 3.64. The van der Waals surface area contributed by atoms with Crippen molar-refractivity contribution in [1.29, 1.82) is 0 Å². The van der Waals surface area contributed by atoms with Crippen LogP contribution in [0.5, 0.6) is 0 Å². The predicted octanol–water partition coefficient (Wildman–Crippen LogP) is 4.42. The molecule has 4 aromatic heterocycles. The highest BCUT2D eigenvalue weighted by atomic mass is 32.1. The molecule has 10 heteroatoms. The molecule has 0 atom stereocenters. The highest BCUT2D eigenvalue weighted by Crippen LogP contribution is 2.33. The van der Waals surface area contributed by atoms with Crippen LogP contribution in [0.2, 0.25) is 0 Å². The molecule has 0 saturated carbocycles. The van der Waals surface area contributed by atoms with E-state index in [1.165, 1.54) is 11.3 Å². The highest BCUT2D eigenvalue weighted by Gasteiger charge is 2.19. The van der Waals surface area contributed by atoms with Crippen molar-refractivity contribution in [3.05, 3.63) is 66.3 Å². The summed E-state index contributed by atoms with van der Waals surface area (Å²) in [5.41, 5.74) is 8.87. The van der Waals surface area contributed by atoms with Gasteiger partial charge in [0.05, 0.1) is 30.2 Å². The van der Waals surface area contributed by atoms with E-state index >= 15 is 0 Å². The lowest BCUT2D eigenvalue weighted by Gasteiger charge is -2.16. The van der Waals surface area contributed by atoms with Gasteiger partial charge < -0.3 is 20.6 Å². The van der Waals surface area contributed by atoms with Crippen LogP contribution >= 0.6 is 11.3 Å². The second kappa shape index (κ2) is 8.40. The quantitative estimate of drug-likeness (QED) is 0.332. The van der Waals surface area contributed by atoms with E-state index in [1.807, 2.05) is 24.4 Å². The van der Waals surface area contributed by atoms with Crippen molar-refractivity contribution < 1.29 is 14.3 Å². The highest BCUT2D eigenvalue weighted by molar-refractivity contribution is 7.13. The van der Waals surface area contributed by atoms with Crippen LogP contribution in [0.3, 0.4) is 0 Å². The van der Waals surface area contributed by atoms with E-state index in [-0.39, 0.29) is 5.91 Å². The van der Waals surface area contributed by atoms with Crippen molar-refractivity contribution in [3.8, 4) is 21.7 Å². The summed E-state index contributed by atoms with van der Waals surface area (Å²) in [7, 11) is 0. The Morgan fingerprint density at radius 3 is 2.85 bits per heavy atom. The topological polar surface area (TPSA) is 132 Å². The number of fused-ring (bicyclic) bond motifs is 1. The molecule has 0 aliphatic rings. The Hall–Kier alpha value is -4.02. The van der Waals surface area contributed by atoms with E-state index in [0.29, 0.717) is 28.8 Å². The van der Waals surface area contributed by atoms with E-state index < -0.39 is 5.60 Å². The van der Waals surface area contributed by atoms with Gasteiger partial charge in [-0.25, -0.2) is 9.97 Å². The molecule has 1 aromatic carbocycles. The number of pyridine rings is 1. The van der Waals surface area contributed by atoms with Gasteiger partial charge in [-0.2, -0.15) is 5.10 Å². The molecule has 0 bridgehead atoms. The minimum Gasteiger partial charge on any atom is -0.472 e. The van der Waals surface area contributed by atoms with Crippen molar-refractivity contribution in [1.82, 2.24) is 19.7 Å². The van der Waals surface area contributed by atoms with Gasteiger partial charge in [0, 0.05) is 45.5 Å². The number of rotatable bonds is 6. The number of aliphatic hydroxyl groups is 1. The summed E-state index contributed by atoms with van der Waals surface area (Å²) in [4.78, 5) is 21.6. The monoisotopic (exact) mass is 474 g/mol. The molecule has 4 heterocycles. The number of nitrogen functional groups attached to an aromatic ring is 1. The average molecular weight is 475 g/mol. The minimum atomic E-state index is -0.908. The minimum absolute atomic E-state index is 0.298. The molecule has 34 heavy (non-hydrogen) atoms. The van der Waals surface area contributed by atoms with Gasteiger partial charge in [-0.15, -0.1) is 11.3 Å². The van der Waals surface area contributed by atoms with E-state index in [0.717, 1.165) is 27.6 Å². The Bertz CT molecular complexity index is 1480. The fourth-order valence-corrected chi connectivity index (χ4v) is 4.44. The smallest absolute Gasteiger partial charge is 0.275 e. The molecule has 1 amide bonds. The van der Waals surface area contributed by atoms with Crippen LogP contribution in [0, 0.1) is 0 Å². The molecule has 5 aromatic rings. The number of carbonyl (C=O) groups excluding carboxylic acids is 1. The van der Waals surface area contributed by atoms with Crippen molar-refractivity contribution in [3.63, 3.8) is 0 Å². The summed E-state index contributed by atoms with van der Waals surface area (Å²) in [5.74, 6) is 0.0550. The SMILES string of the molecule is CC(C)(O)Cn1cc2cc(NC(=O)c3csc(-c4ccnc(N)c4)n3)c(-c3ccoc3)cc2n1. The van der Waals surface area contributed by atoms with Crippen LogP contribution in [0.25, 0.3) is 32.6 Å². The zero-order valence-electron chi connectivity index (χ0n) is 18.5. The maximum Gasteiger partial charge on any atom is 0.275 e. The van der Waals surface area contributed by atoms with Gasteiger partial charge in [0.25, 0.3) is 5.91 Å². The van der Waals surface area contributed by atoms with Crippen LogP contribution in [-0.4, -0.2) is 36.4 Å². The van der Waals surface area contributed by atoms with Gasteiger partial charge in [0.15, 0.2) is 0 Å². The Morgan fingerprint density at radius 2 is 2.12 bits per heavy atom. The van der Waals surface area contributed by atoms with Crippen molar-refractivity contribution in [2.75, 3.05) is 11.1 Å². The largest absolute Gasteiger partial charge is 0.472 e. The molecule has 5 rings (SSSR count). The molecular weight excluding hydrogens is 452 g/mol. The molecule has 172 valence electrons. The van der Waals surface area contributed by atoms with Gasteiger partial charge in [-0.3, -0.25) is 9.48 Å². The van der Waals surface area contributed by atoms with Crippen LogP contribution < -0.4 is 11.1 Å². The number of furan rings is 1. The van der Waals surface area contributed by atoms with Crippen molar-refractivity contribution in [2.45, 2.75) is 26.0 Å². The van der Waals surface area contributed by atoms with E-state index in [2.05, 4.69) is 20.4 Å². The Morgan fingerprint density at radius 1 is 1.26 bits per heavy atom. The third kappa shape index (κ3) is 4.54. The molecule has 0 fully saturated rings. The van der Waals surface area contributed by atoms with Crippen LogP contribution in [0.15, 0.2) is 65.0 Å². The number of carbonyl (C=O) groups is 1. The molecular formula is C24H22N6O3S. The van der Waals surface area contributed by atoms with Crippen molar-refractivity contribution in [2.24, 2.45) is 0 Å². The fraction of sp³-hybridized carbons (Fsp3) is 0.167. The van der Waals surface area contributed by atoms with Crippen LogP contribution in [0.1, 0.15) is 24.3 Å². The molecule has 9 nitrogen and oxygen atoms in total. The lowest BCUT2D eigenvalue weighted by atomic mass is 10.0. The zero-order chi connectivity index (χ0) is 23.9. The number of benzene rings is 1. The second-order valence-corrected chi connectivity index (χ2v) is 9.43. The summed E-state index contributed by atoms with van der Waals surface area (Å²) < 4.78 is 6.96. The molecule has 0 spiro atoms. The Balaban J connectivity index is 1.48. The van der Waals surface area contributed by atoms with Gasteiger partial charge in [0.1, 0.15) is 16.5 Å². The molecule has 0 aliphatic carbocycles. The summed E-state index contributed by atoms with van der Waals surface area (Å²) in [6, 6.07) is 9.09. The maximum absolute atomic E-state index is 13.1. The number of nitrogens with zero attached hydrogens (tertiary/aromatic N) is 4. The summed E-state index contributed by atoms with van der Waals surface area (Å²) in [5, 5.41) is 20.9. The Kier molecular flexibility index (Phi) is 5.39. The molecule has 4 N–H and O–H groups in total. The number of thiazole rings is 1. The number of nitrogens with one attached hydrogen (secondary N) is 1. The molecule has 0 unspecified atom stereocenters. The van der Waals surface area contributed by atoms with Crippen LogP contribution in [0.4, 0.5) is 11.5 Å². The standard InChI is InChI=1S/C24H22N6O3S/c1-24(2,32)13-30-10-16-7-19(17(9-18(16)29-30)15-4-6-33-11-15)27-22(31)20-12-34-23(28-20)14-3-5-26-21(25)8-14/h3-12,32H,13H2,1-2H3,(H2,25,26)(H,27,31). The third-order valence-corrected chi connectivity index (χ3v) is 5.98. The number of hydrogen-bond acceptors (Lipinski definition) is 8. The van der Waals surface area contributed by atoms with E-state index in [4.69, 9.17) is 10.2 Å². The Labute approximate surface area is 198 Å². The lowest BCUT2D eigenvalue weighted by molar-refractivity contribution is 0.0580. The number of nitrogens with two attached hydrogens (primary N) is 1. The summed E-state index contributed by atoms with van der Waals surface area (Å²) >= 11 is 1.36. The second-order valence-electron chi connectivity index (χ2n) is 8.57. The summed E-state index contributed by atoms with van der Waals surface area (Å²) in [6.07, 6.45) is 6.64. The maximum atomic E-state index is 13.1. The van der Waals surface area contributed by atoms with Crippen molar-refractivity contribution >= 4 is 39.7 Å². The van der Waals surface area contributed by atoms with Crippen LogP contribution in [-0.2, 0) is 6.54 Å². The lowest BCUT2D eigenvalue weighted by Crippen LogP contribution is -2.26. The van der Waals surface area contributed by atoms with Gasteiger partial charge in [-0.05, 0) is 44.2 Å². The summed E-state index contributed by atoms with van der Waals surface area (Å²) in [6.45, 7) is 3.79.